The maximum Gasteiger partial charge on any atom is 0.169 e. The summed E-state index contributed by atoms with van der Waals surface area (Å²) in [7, 11) is 4.86. The van der Waals surface area contributed by atoms with Gasteiger partial charge in [-0.25, -0.2) is 4.98 Å². The molecule has 1 aromatic heterocycles. The predicted molar refractivity (Wildman–Crippen MR) is 123 cm³/mol. The first kappa shape index (κ1) is 23.7. The highest BCUT2D eigenvalue weighted by Crippen LogP contribution is 2.28. The van der Waals surface area contributed by atoms with Crippen LogP contribution in [0.15, 0.2) is 41.6 Å². The Labute approximate surface area is 191 Å². The molecule has 1 N–H and O–H groups in total. The molecule has 3 aromatic rings. The lowest BCUT2D eigenvalue weighted by Gasteiger charge is -2.13. The molecule has 1 atom stereocenters. The van der Waals surface area contributed by atoms with Gasteiger partial charge in [0.1, 0.15) is 0 Å². The van der Waals surface area contributed by atoms with Crippen LogP contribution in [0.3, 0.4) is 0 Å². The number of rotatable bonds is 12. The summed E-state index contributed by atoms with van der Waals surface area (Å²) in [4.78, 5) is 4.67. The van der Waals surface area contributed by atoms with Crippen LogP contribution in [0.25, 0.3) is 11.0 Å². The third kappa shape index (κ3) is 6.27. The molecule has 9 heteroatoms. The summed E-state index contributed by atoms with van der Waals surface area (Å²) >= 11 is 7.58. The van der Waals surface area contributed by atoms with Crippen LogP contribution < -0.4 is 9.47 Å². The molecule has 0 aliphatic carbocycles. The number of benzene rings is 2. The highest BCUT2D eigenvalue weighted by Gasteiger charge is 2.14. The Hall–Kier alpha value is -1.97. The minimum Gasteiger partial charge on any atom is -0.493 e. The Morgan fingerprint density at radius 1 is 1.10 bits per heavy atom. The molecule has 0 bridgehead atoms. The number of hydrogen-bond donors (Lipinski definition) is 1. The summed E-state index contributed by atoms with van der Waals surface area (Å²) < 4.78 is 23.5. The van der Waals surface area contributed by atoms with E-state index < -0.39 is 6.10 Å². The highest BCUT2D eigenvalue weighted by molar-refractivity contribution is 7.99. The SMILES string of the molecule is COCCn1c(SC[C@@H](O)COCc2ccc(OC)c(OC)c2)nc2cc(Cl)ccc21. The first-order valence-corrected chi connectivity index (χ1v) is 11.2. The summed E-state index contributed by atoms with van der Waals surface area (Å²) in [5.74, 6) is 1.77. The number of hydrogen-bond acceptors (Lipinski definition) is 7. The van der Waals surface area contributed by atoms with Crippen LogP contribution in [0.5, 0.6) is 11.5 Å². The van der Waals surface area contributed by atoms with E-state index in [9.17, 15) is 5.11 Å². The Bertz CT molecular complexity index is 997. The van der Waals surface area contributed by atoms with E-state index in [2.05, 4.69) is 9.55 Å². The Balaban J connectivity index is 1.55. The molecule has 31 heavy (non-hydrogen) atoms. The van der Waals surface area contributed by atoms with Gasteiger partial charge in [-0.15, -0.1) is 0 Å². The summed E-state index contributed by atoms with van der Waals surface area (Å²) in [6.07, 6.45) is -0.635. The second-order valence-electron chi connectivity index (χ2n) is 6.84. The second kappa shape index (κ2) is 11.6. The number of fused-ring (bicyclic) bond motifs is 1. The lowest BCUT2D eigenvalue weighted by Crippen LogP contribution is -2.18. The van der Waals surface area contributed by atoms with Crippen molar-refractivity contribution in [2.45, 2.75) is 24.4 Å². The van der Waals surface area contributed by atoms with Crippen LogP contribution in [0.4, 0.5) is 0 Å². The average molecular weight is 467 g/mol. The number of imidazole rings is 1. The molecule has 3 rings (SSSR count). The number of methoxy groups -OCH3 is 3. The Kier molecular flexibility index (Phi) is 8.86. The van der Waals surface area contributed by atoms with E-state index >= 15 is 0 Å². The van der Waals surface area contributed by atoms with Crippen molar-refractivity contribution in [3.05, 3.63) is 47.0 Å². The molecule has 0 aliphatic rings. The van der Waals surface area contributed by atoms with Crippen molar-refractivity contribution in [3.8, 4) is 11.5 Å². The van der Waals surface area contributed by atoms with Gasteiger partial charge in [0, 0.05) is 24.4 Å². The molecule has 0 spiro atoms. The van der Waals surface area contributed by atoms with E-state index in [1.165, 1.54) is 11.8 Å². The lowest BCUT2D eigenvalue weighted by atomic mass is 10.2. The molecule has 0 amide bonds. The van der Waals surface area contributed by atoms with Gasteiger partial charge in [0.2, 0.25) is 0 Å². The molecular weight excluding hydrogens is 440 g/mol. The van der Waals surface area contributed by atoms with Crippen molar-refractivity contribution in [1.82, 2.24) is 9.55 Å². The van der Waals surface area contributed by atoms with Gasteiger partial charge in [0.15, 0.2) is 16.7 Å². The van der Waals surface area contributed by atoms with Crippen LogP contribution in [-0.4, -0.2) is 61.1 Å². The number of aromatic nitrogens is 2. The number of nitrogens with zero attached hydrogens (tertiary/aromatic N) is 2. The van der Waals surface area contributed by atoms with E-state index in [-0.39, 0.29) is 6.61 Å². The molecular formula is C22H27ClN2O5S. The molecule has 0 saturated carbocycles. The minimum atomic E-state index is -0.635. The Morgan fingerprint density at radius 2 is 1.90 bits per heavy atom. The van der Waals surface area contributed by atoms with Gasteiger partial charge in [-0.3, -0.25) is 0 Å². The molecule has 2 aromatic carbocycles. The summed E-state index contributed by atoms with van der Waals surface area (Å²) in [5, 5.41) is 11.8. The molecule has 1 heterocycles. The Morgan fingerprint density at radius 3 is 2.65 bits per heavy atom. The van der Waals surface area contributed by atoms with Gasteiger partial charge in [-0.2, -0.15) is 0 Å². The van der Waals surface area contributed by atoms with Crippen molar-refractivity contribution >= 4 is 34.4 Å². The number of thioether (sulfide) groups is 1. The first-order valence-electron chi connectivity index (χ1n) is 9.80. The fourth-order valence-electron chi connectivity index (χ4n) is 3.09. The van der Waals surface area contributed by atoms with E-state index in [1.54, 1.807) is 21.3 Å². The van der Waals surface area contributed by atoms with Gasteiger partial charge in [-0.05, 0) is 35.9 Å². The maximum atomic E-state index is 10.4. The normalized spacial score (nSPS) is 12.3. The molecule has 168 valence electrons. The molecule has 0 saturated heterocycles. The standard InChI is InChI=1S/C22H27ClN2O5S/c1-27-9-8-25-19-6-5-16(23)11-18(19)24-22(25)31-14-17(26)13-30-12-15-4-7-20(28-2)21(10-15)29-3/h4-7,10-11,17,26H,8-9,12-14H2,1-3H3/t17-/m0/s1. The average Bonchev–Trinajstić information content (AvgIpc) is 3.12. The van der Waals surface area contributed by atoms with Gasteiger partial charge >= 0.3 is 0 Å². The summed E-state index contributed by atoms with van der Waals surface area (Å²) in [6.45, 7) is 1.82. The van der Waals surface area contributed by atoms with E-state index in [1.807, 2.05) is 36.4 Å². The van der Waals surface area contributed by atoms with Gasteiger partial charge in [-0.1, -0.05) is 29.4 Å². The third-order valence-electron chi connectivity index (χ3n) is 4.63. The quantitative estimate of drug-likeness (QED) is 0.404. The van der Waals surface area contributed by atoms with Crippen molar-refractivity contribution in [2.24, 2.45) is 0 Å². The van der Waals surface area contributed by atoms with Crippen molar-refractivity contribution in [2.75, 3.05) is 40.3 Å². The predicted octanol–water partition coefficient (Wildman–Crippen LogP) is 4.02. The maximum absolute atomic E-state index is 10.4. The van der Waals surface area contributed by atoms with Gasteiger partial charge in [0.25, 0.3) is 0 Å². The number of ether oxygens (including phenoxy) is 4. The minimum absolute atomic E-state index is 0.214. The second-order valence-corrected chi connectivity index (χ2v) is 8.26. The monoisotopic (exact) mass is 466 g/mol. The number of aliphatic hydroxyl groups is 1. The van der Waals surface area contributed by atoms with Crippen LogP contribution in [0.1, 0.15) is 5.56 Å². The molecule has 0 radical (unpaired) electrons. The first-order chi connectivity index (χ1) is 15.0. The fourth-order valence-corrected chi connectivity index (χ4v) is 4.20. The fraction of sp³-hybridized carbons (Fsp3) is 0.409. The summed E-state index contributed by atoms with van der Waals surface area (Å²) in [5.41, 5.74) is 2.75. The third-order valence-corrected chi connectivity index (χ3v) is 5.98. The van der Waals surface area contributed by atoms with Crippen LogP contribution in [-0.2, 0) is 22.6 Å². The number of halogens is 1. The van der Waals surface area contributed by atoms with Crippen LogP contribution in [0.2, 0.25) is 5.02 Å². The van der Waals surface area contributed by atoms with Gasteiger partial charge in [0.05, 0.1) is 51.2 Å². The van der Waals surface area contributed by atoms with E-state index in [0.29, 0.717) is 42.0 Å². The van der Waals surface area contributed by atoms with Crippen molar-refractivity contribution in [3.63, 3.8) is 0 Å². The zero-order chi connectivity index (χ0) is 22.2. The van der Waals surface area contributed by atoms with Crippen molar-refractivity contribution in [1.29, 1.82) is 0 Å². The smallest absolute Gasteiger partial charge is 0.169 e. The van der Waals surface area contributed by atoms with Crippen molar-refractivity contribution < 1.29 is 24.1 Å². The van der Waals surface area contributed by atoms with E-state index in [4.69, 9.17) is 30.5 Å². The lowest BCUT2D eigenvalue weighted by molar-refractivity contribution is 0.0397. The zero-order valence-electron chi connectivity index (χ0n) is 17.8. The van der Waals surface area contributed by atoms with Crippen LogP contribution >= 0.6 is 23.4 Å². The largest absolute Gasteiger partial charge is 0.493 e. The molecule has 0 unspecified atom stereocenters. The highest BCUT2D eigenvalue weighted by atomic mass is 35.5. The van der Waals surface area contributed by atoms with Crippen LogP contribution in [0, 0.1) is 0 Å². The molecule has 0 aliphatic heterocycles. The number of aliphatic hydroxyl groups excluding tert-OH is 1. The van der Waals surface area contributed by atoms with Gasteiger partial charge < -0.3 is 28.6 Å². The summed E-state index contributed by atoms with van der Waals surface area (Å²) in [6, 6.07) is 11.2. The molecule has 7 nitrogen and oxygen atoms in total. The zero-order valence-corrected chi connectivity index (χ0v) is 19.4. The van der Waals surface area contributed by atoms with E-state index in [0.717, 1.165) is 21.8 Å². The molecule has 0 fully saturated rings. The topological polar surface area (TPSA) is 75.0 Å².